The third-order valence-corrected chi connectivity index (χ3v) is 1.62. The van der Waals surface area contributed by atoms with Gasteiger partial charge in [-0.05, 0) is 12.5 Å². The van der Waals surface area contributed by atoms with Crippen LogP contribution in [0.4, 0.5) is 0 Å². The third kappa shape index (κ3) is 3.35. The van der Waals surface area contributed by atoms with Crippen LogP contribution in [-0.4, -0.2) is 21.0 Å². The predicted molar refractivity (Wildman–Crippen MR) is 52.7 cm³/mol. The molecule has 1 aromatic heterocycles. The molecule has 0 spiro atoms. The Hall–Kier alpha value is -1.71. The van der Waals surface area contributed by atoms with E-state index in [9.17, 15) is 4.79 Å². The molecule has 0 amide bonds. The van der Waals surface area contributed by atoms with Gasteiger partial charge in [0.1, 0.15) is 5.82 Å². The Morgan fingerprint density at radius 1 is 1.50 bits per heavy atom. The van der Waals surface area contributed by atoms with Gasteiger partial charge in [-0.1, -0.05) is 6.92 Å². The number of carbonyl (C=O) groups is 1. The zero-order valence-electron chi connectivity index (χ0n) is 7.97. The monoisotopic (exact) mass is 192 g/mol. The first kappa shape index (κ1) is 10.4. The minimum Gasteiger partial charge on any atom is -0.478 e. The number of rotatable bonds is 4. The summed E-state index contributed by atoms with van der Waals surface area (Å²) in [5.74, 6) is -0.178. The molecule has 0 aromatic carbocycles. The number of aliphatic carboxylic acids is 1. The van der Waals surface area contributed by atoms with Crippen molar-refractivity contribution >= 4 is 12.0 Å². The molecule has 4 heteroatoms. The number of hydrogen-bond donors (Lipinski definition) is 1. The van der Waals surface area contributed by atoms with Crippen molar-refractivity contribution in [1.29, 1.82) is 0 Å². The number of nitrogens with zero attached hydrogens (tertiary/aromatic N) is 2. The van der Waals surface area contributed by atoms with Crippen LogP contribution < -0.4 is 0 Å². The van der Waals surface area contributed by atoms with Gasteiger partial charge in [0.2, 0.25) is 0 Å². The second kappa shape index (κ2) is 5.11. The lowest BCUT2D eigenvalue weighted by atomic mass is 10.3. The van der Waals surface area contributed by atoms with E-state index in [1.165, 1.54) is 6.08 Å². The van der Waals surface area contributed by atoms with Gasteiger partial charge in [0.25, 0.3) is 0 Å². The second-order valence-electron chi connectivity index (χ2n) is 2.85. The van der Waals surface area contributed by atoms with E-state index in [2.05, 4.69) is 16.9 Å². The van der Waals surface area contributed by atoms with E-state index in [1.807, 2.05) is 0 Å². The van der Waals surface area contributed by atoms with Crippen LogP contribution >= 0.6 is 0 Å². The molecule has 0 saturated heterocycles. The first-order valence-corrected chi connectivity index (χ1v) is 4.44. The molecule has 0 aliphatic rings. The van der Waals surface area contributed by atoms with Crippen LogP contribution in [0, 0.1) is 0 Å². The van der Waals surface area contributed by atoms with E-state index >= 15 is 0 Å². The average Bonchev–Trinajstić information content (AvgIpc) is 2.17. The Morgan fingerprint density at radius 3 is 2.64 bits per heavy atom. The highest BCUT2D eigenvalue weighted by Gasteiger charge is 1.94. The summed E-state index contributed by atoms with van der Waals surface area (Å²) in [4.78, 5) is 18.4. The lowest BCUT2D eigenvalue weighted by molar-refractivity contribution is -0.131. The Labute approximate surface area is 82.3 Å². The lowest BCUT2D eigenvalue weighted by Crippen LogP contribution is -1.94. The van der Waals surface area contributed by atoms with Gasteiger partial charge in [-0.3, -0.25) is 0 Å². The topological polar surface area (TPSA) is 63.1 Å². The molecule has 0 aliphatic carbocycles. The van der Waals surface area contributed by atoms with Gasteiger partial charge in [-0.15, -0.1) is 0 Å². The molecule has 0 fully saturated rings. The maximum atomic E-state index is 10.2. The second-order valence-corrected chi connectivity index (χ2v) is 2.85. The van der Waals surface area contributed by atoms with Crippen LogP contribution in [0.1, 0.15) is 24.7 Å². The summed E-state index contributed by atoms with van der Waals surface area (Å²) < 4.78 is 0. The summed E-state index contributed by atoms with van der Waals surface area (Å²) in [6.45, 7) is 2.06. The van der Waals surface area contributed by atoms with Gasteiger partial charge in [0.15, 0.2) is 0 Å². The highest BCUT2D eigenvalue weighted by molar-refractivity contribution is 5.85. The maximum Gasteiger partial charge on any atom is 0.328 e. The number of carboxylic acid groups (broad SMARTS) is 1. The standard InChI is InChI=1S/C10H12N2O2/c1-2-3-9-11-6-8(7-12-9)4-5-10(13)14/h4-7H,2-3H2,1H3,(H,13,14)/b5-4+. The van der Waals surface area contributed by atoms with Crippen LogP contribution in [0.15, 0.2) is 18.5 Å². The Morgan fingerprint density at radius 2 is 2.14 bits per heavy atom. The molecular formula is C10H12N2O2. The van der Waals surface area contributed by atoms with E-state index in [-0.39, 0.29) is 0 Å². The van der Waals surface area contributed by atoms with Gasteiger partial charge in [-0.25, -0.2) is 14.8 Å². The number of aryl methyl sites for hydroxylation is 1. The summed E-state index contributed by atoms with van der Waals surface area (Å²) in [5, 5.41) is 8.39. The van der Waals surface area contributed by atoms with Gasteiger partial charge < -0.3 is 5.11 Å². The molecule has 14 heavy (non-hydrogen) atoms. The first-order valence-electron chi connectivity index (χ1n) is 4.44. The lowest BCUT2D eigenvalue weighted by Gasteiger charge is -1.96. The summed E-state index contributed by atoms with van der Waals surface area (Å²) >= 11 is 0. The van der Waals surface area contributed by atoms with Crippen molar-refractivity contribution < 1.29 is 9.90 Å². The molecule has 0 atom stereocenters. The fourth-order valence-electron chi connectivity index (χ4n) is 0.971. The van der Waals surface area contributed by atoms with Crippen molar-refractivity contribution in [2.45, 2.75) is 19.8 Å². The highest BCUT2D eigenvalue weighted by Crippen LogP contribution is 2.00. The molecule has 1 N–H and O–H groups in total. The molecule has 1 rings (SSSR count). The first-order chi connectivity index (χ1) is 6.72. The number of aromatic nitrogens is 2. The van der Waals surface area contributed by atoms with Gasteiger partial charge in [0, 0.05) is 30.5 Å². The maximum absolute atomic E-state index is 10.2. The molecule has 1 heterocycles. The molecule has 0 radical (unpaired) electrons. The van der Waals surface area contributed by atoms with Crippen molar-refractivity contribution in [3.05, 3.63) is 29.9 Å². The fourth-order valence-corrected chi connectivity index (χ4v) is 0.971. The van der Waals surface area contributed by atoms with Gasteiger partial charge in [-0.2, -0.15) is 0 Å². The van der Waals surface area contributed by atoms with Crippen LogP contribution in [0.3, 0.4) is 0 Å². The van der Waals surface area contributed by atoms with Crippen molar-refractivity contribution in [2.75, 3.05) is 0 Å². The van der Waals surface area contributed by atoms with E-state index in [1.54, 1.807) is 12.4 Å². The van der Waals surface area contributed by atoms with Crippen molar-refractivity contribution in [1.82, 2.24) is 9.97 Å². The van der Waals surface area contributed by atoms with Gasteiger partial charge in [0.05, 0.1) is 0 Å². The smallest absolute Gasteiger partial charge is 0.328 e. The van der Waals surface area contributed by atoms with Crippen LogP contribution in [0.25, 0.3) is 6.08 Å². The Bertz CT molecular complexity index is 330. The highest BCUT2D eigenvalue weighted by atomic mass is 16.4. The van der Waals surface area contributed by atoms with Gasteiger partial charge >= 0.3 is 5.97 Å². The molecule has 0 bridgehead atoms. The average molecular weight is 192 g/mol. The molecule has 0 saturated carbocycles. The minimum atomic E-state index is -0.970. The fraction of sp³-hybridized carbons (Fsp3) is 0.300. The van der Waals surface area contributed by atoms with Crippen molar-refractivity contribution in [3.63, 3.8) is 0 Å². The summed E-state index contributed by atoms with van der Waals surface area (Å²) in [5.41, 5.74) is 0.701. The molecule has 4 nitrogen and oxygen atoms in total. The van der Waals surface area contributed by atoms with E-state index < -0.39 is 5.97 Å². The quantitative estimate of drug-likeness (QED) is 0.735. The summed E-state index contributed by atoms with van der Waals surface area (Å²) in [6.07, 6.45) is 7.64. The SMILES string of the molecule is CCCc1ncc(/C=C/C(=O)O)cn1. The zero-order valence-corrected chi connectivity index (χ0v) is 7.97. The molecule has 0 unspecified atom stereocenters. The summed E-state index contributed by atoms with van der Waals surface area (Å²) in [7, 11) is 0. The Kier molecular flexibility index (Phi) is 3.79. The minimum absolute atomic E-state index is 0.701. The summed E-state index contributed by atoms with van der Waals surface area (Å²) in [6, 6.07) is 0. The van der Waals surface area contributed by atoms with Crippen molar-refractivity contribution in [3.8, 4) is 0 Å². The molecule has 74 valence electrons. The number of hydrogen-bond acceptors (Lipinski definition) is 3. The van der Waals surface area contributed by atoms with E-state index in [4.69, 9.17) is 5.11 Å². The van der Waals surface area contributed by atoms with Crippen molar-refractivity contribution in [2.24, 2.45) is 0 Å². The third-order valence-electron chi connectivity index (χ3n) is 1.62. The van der Waals surface area contributed by atoms with Crippen LogP contribution in [0.2, 0.25) is 0 Å². The molecular weight excluding hydrogens is 180 g/mol. The van der Waals surface area contributed by atoms with Crippen LogP contribution in [0.5, 0.6) is 0 Å². The number of carboxylic acids is 1. The largest absolute Gasteiger partial charge is 0.478 e. The van der Waals surface area contributed by atoms with Crippen LogP contribution in [-0.2, 0) is 11.2 Å². The molecule has 0 aliphatic heterocycles. The van der Waals surface area contributed by atoms with E-state index in [0.29, 0.717) is 5.56 Å². The normalized spacial score (nSPS) is 10.6. The zero-order chi connectivity index (χ0) is 10.4. The Balaban J connectivity index is 2.68. The van der Waals surface area contributed by atoms with E-state index in [0.717, 1.165) is 24.7 Å². The molecule has 1 aromatic rings. The predicted octanol–water partition coefficient (Wildman–Crippen LogP) is 1.53.